The number of thioether (sulfide) groups is 1. The number of hydrogen-bond donors (Lipinski definition) is 1. The van der Waals surface area contributed by atoms with Crippen LogP contribution in [0.15, 0.2) is 35.4 Å². The van der Waals surface area contributed by atoms with Gasteiger partial charge in [-0.3, -0.25) is 4.79 Å². The number of rotatable bonds is 5. The monoisotopic (exact) mass is 296 g/mol. The summed E-state index contributed by atoms with van der Waals surface area (Å²) in [5.74, 6) is 0.354. The molecule has 1 amide bonds. The maximum Gasteiger partial charge on any atom is 0.226 e. The summed E-state index contributed by atoms with van der Waals surface area (Å²) in [6.07, 6.45) is 2.13. The fourth-order valence-corrected chi connectivity index (χ4v) is 2.92. The normalized spacial score (nSPS) is 10.4. The summed E-state index contributed by atoms with van der Waals surface area (Å²) in [4.78, 5) is 17.7. The highest BCUT2D eigenvalue weighted by molar-refractivity contribution is 7.99. The Bertz CT molecular complexity index is 554. The van der Waals surface area contributed by atoms with Crippen LogP contribution in [0.25, 0.3) is 0 Å². The topological polar surface area (TPSA) is 42.0 Å². The lowest BCUT2D eigenvalue weighted by Crippen LogP contribution is -2.11. The van der Waals surface area contributed by atoms with Gasteiger partial charge in [0.25, 0.3) is 0 Å². The van der Waals surface area contributed by atoms with E-state index in [1.807, 2.05) is 6.92 Å². The quantitative estimate of drug-likeness (QED) is 0.855. The van der Waals surface area contributed by atoms with Crippen molar-refractivity contribution in [1.82, 2.24) is 4.98 Å². The zero-order valence-electron chi connectivity index (χ0n) is 10.4. The summed E-state index contributed by atoms with van der Waals surface area (Å²) >= 11 is 2.98. The summed E-state index contributed by atoms with van der Waals surface area (Å²) in [5.41, 5.74) is 0. The van der Waals surface area contributed by atoms with Gasteiger partial charge in [0.2, 0.25) is 5.91 Å². The first-order chi connectivity index (χ1) is 9.13. The second-order valence-electron chi connectivity index (χ2n) is 3.88. The fourth-order valence-electron chi connectivity index (χ4n) is 1.39. The lowest BCUT2D eigenvalue weighted by atomic mass is 10.4. The first-order valence-corrected chi connectivity index (χ1v) is 7.54. The number of hydrogen-bond acceptors (Lipinski definition) is 4. The van der Waals surface area contributed by atoms with Crippen LogP contribution in [0, 0.1) is 12.7 Å². The number of nitrogens with zero attached hydrogens (tertiary/aromatic N) is 1. The third-order valence-corrected chi connectivity index (χ3v) is 4.12. The Hall–Kier alpha value is -1.40. The molecular formula is C13H13FN2OS2. The maximum atomic E-state index is 12.7. The molecule has 0 aliphatic rings. The Balaban J connectivity index is 1.73. The van der Waals surface area contributed by atoms with Gasteiger partial charge in [0.1, 0.15) is 5.82 Å². The number of thiazole rings is 1. The van der Waals surface area contributed by atoms with Gasteiger partial charge >= 0.3 is 0 Å². The Kier molecular flexibility index (Phi) is 4.93. The number of nitrogens with one attached hydrogen (secondary N) is 1. The predicted molar refractivity (Wildman–Crippen MR) is 77.2 cm³/mol. The number of carbonyl (C=O) groups excluding carboxylic acids is 1. The third-order valence-electron chi connectivity index (χ3n) is 2.28. The second-order valence-corrected chi connectivity index (χ2v) is 6.28. The number of anilines is 1. The maximum absolute atomic E-state index is 12.7. The minimum absolute atomic E-state index is 0.0519. The first-order valence-electron chi connectivity index (χ1n) is 5.74. The third kappa shape index (κ3) is 4.65. The van der Waals surface area contributed by atoms with E-state index in [9.17, 15) is 9.18 Å². The van der Waals surface area contributed by atoms with Gasteiger partial charge < -0.3 is 5.32 Å². The number of amides is 1. The summed E-state index contributed by atoms with van der Waals surface area (Å²) in [6.45, 7) is 1.94. The molecule has 0 atom stereocenters. The van der Waals surface area contributed by atoms with Crippen molar-refractivity contribution in [3.8, 4) is 0 Å². The van der Waals surface area contributed by atoms with E-state index in [2.05, 4.69) is 10.3 Å². The van der Waals surface area contributed by atoms with Crippen LogP contribution < -0.4 is 5.32 Å². The molecular weight excluding hydrogens is 283 g/mol. The van der Waals surface area contributed by atoms with Crippen LogP contribution in [0.2, 0.25) is 0 Å². The molecule has 0 aliphatic heterocycles. The molecule has 0 saturated heterocycles. The van der Waals surface area contributed by atoms with E-state index < -0.39 is 0 Å². The molecule has 1 N–H and O–H groups in total. The lowest BCUT2D eigenvalue weighted by Gasteiger charge is -2.02. The highest BCUT2D eigenvalue weighted by Gasteiger charge is 2.05. The molecule has 2 rings (SSSR count). The van der Waals surface area contributed by atoms with Crippen molar-refractivity contribution in [2.75, 3.05) is 11.1 Å². The number of halogens is 1. The van der Waals surface area contributed by atoms with E-state index in [0.29, 0.717) is 17.3 Å². The fraction of sp³-hybridized carbons (Fsp3) is 0.231. The van der Waals surface area contributed by atoms with E-state index in [0.717, 1.165) is 9.77 Å². The Labute approximate surface area is 119 Å². The minimum atomic E-state index is -0.249. The van der Waals surface area contributed by atoms with Crippen LogP contribution in [0.1, 0.15) is 11.3 Å². The summed E-state index contributed by atoms with van der Waals surface area (Å²) in [7, 11) is 0. The standard InChI is InChI=1S/C13H13FN2OS2/c1-9-8-15-13(19-9)16-12(17)6-7-18-11-4-2-10(14)3-5-11/h2-5,8H,6-7H2,1H3,(H,15,16,17). The smallest absolute Gasteiger partial charge is 0.226 e. The van der Waals surface area contributed by atoms with Crippen molar-refractivity contribution in [3.05, 3.63) is 41.2 Å². The molecule has 6 heteroatoms. The van der Waals surface area contributed by atoms with Crippen LogP contribution >= 0.6 is 23.1 Å². The van der Waals surface area contributed by atoms with Gasteiger partial charge in [0.15, 0.2) is 5.13 Å². The van der Waals surface area contributed by atoms with Gasteiger partial charge in [-0.2, -0.15) is 0 Å². The van der Waals surface area contributed by atoms with E-state index in [4.69, 9.17) is 0 Å². The zero-order valence-corrected chi connectivity index (χ0v) is 12.0. The average Bonchev–Trinajstić information content (AvgIpc) is 2.77. The molecule has 100 valence electrons. The van der Waals surface area contributed by atoms with E-state index in [1.165, 1.54) is 35.2 Å². The minimum Gasteiger partial charge on any atom is -0.302 e. The van der Waals surface area contributed by atoms with Gasteiger partial charge in [-0.25, -0.2) is 9.37 Å². The summed E-state index contributed by atoms with van der Waals surface area (Å²) in [5, 5.41) is 3.39. The molecule has 1 heterocycles. The second kappa shape index (κ2) is 6.68. The van der Waals surface area contributed by atoms with Crippen LogP contribution in [-0.2, 0) is 4.79 Å². The van der Waals surface area contributed by atoms with Crippen molar-refractivity contribution >= 4 is 34.1 Å². The highest BCUT2D eigenvalue weighted by atomic mass is 32.2. The van der Waals surface area contributed by atoms with Gasteiger partial charge in [-0.15, -0.1) is 23.1 Å². The largest absolute Gasteiger partial charge is 0.302 e. The molecule has 0 spiro atoms. The van der Waals surface area contributed by atoms with Gasteiger partial charge in [-0.1, -0.05) is 0 Å². The number of aromatic nitrogens is 1. The molecule has 19 heavy (non-hydrogen) atoms. The molecule has 0 aliphatic carbocycles. The van der Waals surface area contributed by atoms with E-state index >= 15 is 0 Å². The van der Waals surface area contributed by atoms with Gasteiger partial charge in [0.05, 0.1) is 0 Å². The van der Waals surface area contributed by atoms with Gasteiger partial charge in [-0.05, 0) is 31.2 Å². The molecule has 1 aromatic heterocycles. The Morgan fingerprint density at radius 1 is 1.42 bits per heavy atom. The molecule has 1 aromatic carbocycles. The van der Waals surface area contributed by atoms with Crippen LogP contribution in [0.5, 0.6) is 0 Å². The van der Waals surface area contributed by atoms with Crippen LogP contribution in [0.4, 0.5) is 9.52 Å². The number of benzene rings is 1. The molecule has 0 fully saturated rings. The molecule has 0 unspecified atom stereocenters. The van der Waals surface area contributed by atoms with Crippen molar-refractivity contribution in [2.24, 2.45) is 0 Å². The number of aryl methyl sites for hydroxylation is 1. The molecule has 0 radical (unpaired) electrons. The Morgan fingerprint density at radius 2 is 2.16 bits per heavy atom. The van der Waals surface area contributed by atoms with Crippen LogP contribution in [-0.4, -0.2) is 16.6 Å². The number of carbonyl (C=O) groups is 1. The summed E-state index contributed by atoms with van der Waals surface area (Å²) in [6, 6.07) is 6.26. The zero-order chi connectivity index (χ0) is 13.7. The van der Waals surface area contributed by atoms with Crippen molar-refractivity contribution in [2.45, 2.75) is 18.2 Å². The molecule has 2 aromatic rings. The van der Waals surface area contributed by atoms with Gasteiger partial charge in [0, 0.05) is 28.1 Å². The predicted octanol–water partition coefficient (Wildman–Crippen LogP) is 3.71. The summed E-state index contributed by atoms with van der Waals surface area (Å²) < 4.78 is 12.7. The van der Waals surface area contributed by atoms with E-state index in [-0.39, 0.29) is 11.7 Å². The van der Waals surface area contributed by atoms with Crippen molar-refractivity contribution in [3.63, 3.8) is 0 Å². The molecule has 3 nitrogen and oxygen atoms in total. The Morgan fingerprint density at radius 3 is 2.79 bits per heavy atom. The van der Waals surface area contributed by atoms with E-state index in [1.54, 1.807) is 18.3 Å². The SMILES string of the molecule is Cc1cnc(NC(=O)CCSc2ccc(F)cc2)s1. The highest BCUT2D eigenvalue weighted by Crippen LogP contribution is 2.20. The van der Waals surface area contributed by atoms with Crippen LogP contribution in [0.3, 0.4) is 0 Å². The van der Waals surface area contributed by atoms with Crippen molar-refractivity contribution < 1.29 is 9.18 Å². The lowest BCUT2D eigenvalue weighted by molar-refractivity contribution is -0.115. The molecule has 0 saturated carbocycles. The first kappa shape index (κ1) is 14.0. The molecule has 0 bridgehead atoms. The van der Waals surface area contributed by atoms with Crippen molar-refractivity contribution in [1.29, 1.82) is 0 Å². The average molecular weight is 296 g/mol.